The van der Waals surface area contributed by atoms with Crippen LogP contribution in [0.2, 0.25) is 0 Å². The molecule has 0 unspecified atom stereocenters. The molecule has 0 aliphatic carbocycles. The van der Waals surface area contributed by atoms with Crippen molar-refractivity contribution in [3.63, 3.8) is 0 Å². The van der Waals surface area contributed by atoms with E-state index in [0.29, 0.717) is 0 Å². The highest BCUT2D eigenvalue weighted by molar-refractivity contribution is 6.03. The standard InChI is InChI=1S/C14H12FN3O4/c1-3-17-14(20)13(18(21)22)11(8(2)19)12(16-17)9-5-4-6-10(15)7-9/h4-7H,3H2,1-2H3. The molecule has 0 spiro atoms. The molecule has 22 heavy (non-hydrogen) atoms. The number of halogens is 1. The largest absolute Gasteiger partial charge is 0.348 e. The highest BCUT2D eigenvalue weighted by atomic mass is 19.1. The van der Waals surface area contributed by atoms with Gasteiger partial charge < -0.3 is 0 Å². The molecule has 0 aliphatic heterocycles. The molecule has 0 amide bonds. The van der Waals surface area contributed by atoms with E-state index in [2.05, 4.69) is 5.10 Å². The first-order valence-corrected chi connectivity index (χ1v) is 6.43. The maximum atomic E-state index is 13.4. The summed E-state index contributed by atoms with van der Waals surface area (Å²) >= 11 is 0. The summed E-state index contributed by atoms with van der Waals surface area (Å²) < 4.78 is 14.3. The molecule has 1 aromatic heterocycles. The second-order valence-corrected chi connectivity index (χ2v) is 4.52. The van der Waals surface area contributed by atoms with E-state index >= 15 is 0 Å². The SMILES string of the molecule is CCn1nc(-c2cccc(F)c2)c(C(C)=O)c([N+](=O)[O-])c1=O. The summed E-state index contributed by atoms with van der Waals surface area (Å²) in [6.45, 7) is 2.77. The number of nitro groups is 1. The summed E-state index contributed by atoms with van der Waals surface area (Å²) in [7, 11) is 0. The van der Waals surface area contributed by atoms with Crippen molar-refractivity contribution in [2.24, 2.45) is 0 Å². The van der Waals surface area contributed by atoms with Crippen LogP contribution >= 0.6 is 0 Å². The Kier molecular flexibility index (Phi) is 4.11. The van der Waals surface area contributed by atoms with Gasteiger partial charge in [-0.1, -0.05) is 12.1 Å². The molecule has 0 saturated carbocycles. The van der Waals surface area contributed by atoms with Gasteiger partial charge in [-0.15, -0.1) is 0 Å². The fourth-order valence-corrected chi connectivity index (χ4v) is 2.11. The Bertz CT molecular complexity index is 829. The van der Waals surface area contributed by atoms with Crippen LogP contribution in [-0.2, 0) is 6.54 Å². The Morgan fingerprint density at radius 3 is 2.64 bits per heavy atom. The third kappa shape index (κ3) is 2.62. The molecule has 0 aliphatic rings. The van der Waals surface area contributed by atoms with E-state index in [0.717, 1.165) is 17.7 Å². The molecule has 0 saturated heterocycles. The molecule has 1 heterocycles. The van der Waals surface area contributed by atoms with Crippen molar-refractivity contribution in [1.82, 2.24) is 9.78 Å². The number of hydrogen-bond acceptors (Lipinski definition) is 5. The number of hydrogen-bond donors (Lipinski definition) is 0. The summed E-state index contributed by atoms with van der Waals surface area (Å²) in [5.41, 5.74) is -2.11. The summed E-state index contributed by atoms with van der Waals surface area (Å²) in [6.07, 6.45) is 0. The number of carbonyl (C=O) groups is 1. The lowest BCUT2D eigenvalue weighted by atomic mass is 10.0. The van der Waals surface area contributed by atoms with Crippen molar-refractivity contribution in [3.05, 3.63) is 56.1 Å². The topological polar surface area (TPSA) is 95.1 Å². The first-order valence-electron chi connectivity index (χ1n) is 6.43. The molecule has 1 aromatic carbocycles. The minimum absolute atomic E-state index is 0.0832. The van der Waals surface area contributed by atoms with Crippen LogP contribution in [-0.4, -0.2) is 20.5 Å². The van der Waals surface area contributed by atoms with Crippen LogP contribution in [0, 0.1) is 15.9 Å². The number of carbonyl (C=O) groups excluding carboxylic acids is 1. The average Bonchev–Trinajstić information content (AvgIpc) is 2.46. The number of aromatic nitrogens is 2. The number of benzene rings is 1. The molecular formula is C14H12FN3O4. The van der Waals surface area contributed by atoms with Gasteiger partial charge in [0.15, 0.2) is 5.78 Å². The molecule has 0 atom stereocenters. The number of aryl methyl sites for hydroxylation is 1. The summed E-state index contributed by atoms with van der Waals surface area (Å²) in [6, 6.07) is 5.15. The van der Waals surface area contributed by atoms with Gasteiger partial charge in [0.25, 0.3) is 0 Å². The van der Waals surface area contributed by atoms with E-state index in [1.54, 1.807) is 6.92 Å². The molecule has 114 valence electrons. The van der Waals surface area contributed by atoms with Gasteiger partial charge in [-0.2, -0.15) is 5.10 Å². The van der Waals surface area contributed by atoms with Crippen molar-refractivity contribution in [2.75, 3.05) is 0 Å². The fraction of sp³-hybridized carbons (Fsp3) is 0.214. The monoisotopic (exact) mass is 305 g/mol. The number of nitrogens with zero attached hydrogens (tertiary/aromatic N) is 3. The third-order valence-corrected chi connectivity index (χ3v) is 3.06. The fourth-order valence-electron chi connectivity index (χ4n) is 2.11. The zero-order chi connectivity index (χ0) is 16.4. The van der Waals surface area contributed by atoms with Crippen LogP contribution in [0.3, 0.4) is 0 Å². The molecule has 0 radical (unpaired) electrons. The Hall–Kier alpha value is -2.90. The van der Waals surface area contributed by atoms with Gasteiger partial charge in [0, 0.05) is 12.1 Å². The van der Waals surface area contributed by atoms with Crippen LogP contribution in [0.25, 0.3) is 11.3 Å². The first kappa shape index (κ1) is 15.5. The van der Waals surface area contributed by atoms with E-state index in [1.807, 2.05) is 0 Å². The van der Waals surface area contributed by atoms with E-state index in [4.69, 9.17) is 0 Å². The van der Waals surface area contributed by atoms with Gasteiger partial charge in [0.1, 0.15) is 17.1 Å². The van der Waals surface area contributed by atoms with Crippen molar-refractivity contribution in [2.45, 2.75) is 20.4 Å². The van der Waals surface area contributed by atoms with E-state index in [-0.39, 0.29) is 17.8 Å². The van der Waals surface area contributed by atoms with Crippen LogP contribution in [0.1, 0.15) is 24.2 Å². The first-order chi connectivity index (χ1) is 10.4. The lowest BCUT2D eigenvalue weighted by molar-refractivity contribution is -0.386. The van der Waals surface area contributed by atoms with Gasteiger partial charge in [0.05, 0.1) is 4.92 Å². The summed E-state index contributed by atoms with van der Waals surface area (Å²) in [5, 5.41) is 15.2. The quantitative estimate of drug-likeness (QED) is 0.490. The van der Waals surface area contributed by atoms with Gasteiger partial charge in [0.2, 0.25) is 0 Å². The van der Waals surface area contributed by atoms with E-state index in [1.165, 1.54) is 18.2 Å². The molecule has 8 heteroatoms. The van der Waals surface area contributed by atoms with Crippen LogP contribution in [0.15, 0.2) is 29.1 Å². The van der Waals surface area contributed by atoms with Crippen molar-refractivity contribution in [1.29, 1.82) is 0 Å². The number of rotatable bonds is 4. The zero-order valence-corrected chi connectivity index (χ0v) is 11.9. The Morgan fingerprint density at radius 1 is 1.45 bits per heavy atom. The molecule has 0 N–H and O–H groups in total. The van der Waals surface area contributed by atoms with Gasteiger partial charge in [-0.05, 0) is 26.0 Å². The molecule has 0 bridgehead atoms. The van der Waals surface area contributed by atoms with E-state index < -0.39 is 33.3 Å². The minimum Gasteiger partial charge on any atom is -0.294 e. The van der Waals surface area contributed by atoms with E-state index in [9.17, 15) is 24.1 Å². The zero-order valence-electron chi connectivity index (χ0n) is 11.9. The highest BCUT2D eigenvalue weighted by Crippen LogP contribution is 2.27. The number of ketones is 1. The van der Waals surface area contributed by atoms with Gasteiger partial charge in [-0.25, -0.2) is 9.07 Å². The summed E-state index contributed by atoms with van der Waals surface area (Å²) in [5.74, 6) is -1.26. The smallest absolute Gasteiger partial charge is 0.294 e. The maximum Gasteiger partial charge on any atom is 0.348 e. The second kappa shape index (κ2) is 5.84. The lowest BCUT2D eigenvalue weighted by Crippen LogP contribution is -2.28. The second-order valence-electron chi connectivity index (χ2n) is 4.52. The molecular weight excluding hydrogens is 293 g/mol. The average molecular weight is 305 g/mol. The Balaban J connectivity index is 2.94. The van der Waals surface area contributed by atoms with Gasteiger partial charge in [-0.3, -0.25) is 19.7 Å². The maximum absolute atomic E-state index is 13.4. The molecule has 0 fully saturated rings. The molecule has 2 rings (SSSR count). The van der Waals surface area contributed by atoms with Crippen LogP contribution in [0.5, 0.6) is 0 Å². The minimum atomic E-state index is -0.960. The van der Waals surface area contributed by atoms with Crippen molar-refractivity contribution < 1.29 is 14.1 Å². The van der Waals surface area contributed by atoms with Crippen molar-refractivity contribution >= 4 is 11.5 Å². The molecule has 2 aromatic rings. The lowest BCUT2D eigenvalue weighted by Gasteiger charge is -2.10. The highest BCUT2D eigenvalue weighted by Gasteiger charge is 2.29. The Labute approximate surface area is 124 Å². The van der Waals surface area contributed by atoms with Crippen LogP contribution in [0.4, 0.5) is 10.1 Å². The predicted octanol–water partition coefficient (Wildman–Crippen LogP) is 2.18. The normalized spacial score (nSPS) is 10.5. The van der Waals surface area contributed by atoms with Crippen LogP contribution < -0.4 is 5.56 Å². The third-order valence-electron chi connectivity index (χ3n) is 3.06. The molecule has 7 nitrogen and oxygen atoms in total. The Morgan fingerprint density at radius 2 is 2.14 bits per heavy atom. The predicted molar refractivity (Wildman–Crippen MR) is 76.2 cm³/mol. The van der Waals surface area contributed by atoms with Gasteiger partial charge >= 0.3 is 11.2 Å². The number of Topliss-reactive ketones (excluding diaryl/α,β-unsaturated/α-hetero) is 1. The van der Waals surface area contributed by atoms with Crippen molar-refractivity contribution in [3.8, 4) is 11.3 Å². The summed E-state index contributed by atoms with van der Waals surface area (Å²) in [4.78, 5) is 34.2.